The van der Waals surface area contributed by atoms with Crippen LogP contribution in [-0.4, -0.2) is 32.1 Å². The molecule has 6 heteroatoms. The predicted octanol–water partition coefficient (Wildman–Crippen LogP) is 4.34. The smallest absolute Gasteiger partial charge is 0.151 e. The number of thiophene rings is 1. The summed E-state index contributed by atoms with van der Waals surface area (Å²) in [7, 11) is 0. The molecule has 1 aliphatic heterocycles. The number of hydrogen-bond acceptors (Lipinski definition) is 4. The number of likely N-dealkylation sites (tertiary alicyclic amines) is 1. The molecule has 1 aliphatic rings. The van der Waals surface area contributed by atoms with Crippen molar-refractivity contribution >= 4 is 22.4 Å². The SMILES string of the molecule is CCn1c(CN2CCCC2CC(O)c2cccs2)nc2c(F)cccc21. The molecule has 2 unspecified atom stereocenters. The van der Waals surface area contributed by atoms with E-state index in [1.807, 2.05) is 23.6 Å². The number of benzene rings is 1. The van der Waals surface area contributed by atoms with Gasteiger partial charge in [-0.1, -0.05) is 12.1 Å². The second-order valence-corrected chi connectivity index (χ2v) is 7.89. The molecule has 3 heterocycles. The first-order valence-corrected chi connectivity index (χ1v) is 10.1. The fourth-order valence-electron chi connectivity index (χ4n) is 4.04. The molecule has 138 valence electrons. The maximum Gasteiger partial charge on any atom is 0.151 e. The van der Waals surface area contributed by atoms with Crippen molar-refractivity contribution in [3.8, 4) is 0 Å². The number of halogens is 1. The number of aromatic nitrogens is 2. The third kappa shape index (κ3) is 3.29. The minimum atomic E-state index is -0.414. The summed E-state index contributed by atoms with van der Waals surface area (Å²) in [6, 6.07) is 9.45. The summed E-state index contributed by atoms with van der Waals surface area (Å²) in [5.74, 6) is 0.646. The van der Waals surface area contributed by atoms with E-state index in [0.29, 0.717) is 18.1 Å². The molecule has 1 aromatic carbocycles. The second kappa shape index (κ2) is 7.47. The molecule has 0 saturated carbocycles. The highest BCUT2D eigenvalue weighted by Gasteiger charge is 2.29. The van der Waals surface area contributed by atoms with Crippen LogP contribution < -0.4 is 0 Å². The molecule has 1 fully saturated rings. The summed E-state index contributed by atoms with van der Waals surface area (Å²) in [4.78, 5) is 8.01. The van der Waals surface area contributed by atoms with Gasteiger partial charge in [-0.15, -0.1) is 11.3 Å². The lowest BCUT2D eigenvalue weighted by molar-refractivity contribution is 0.119. The molecular weight excluding hydrogens is 349 g/mol. The summed E-state index contributed by atoms with van der Waals surface area (Å²) in [5.41, 5.74) is 1.32. The molecule has 0 spiro atoms. The zero-order valence-electron chi connectivity index (χ0n) is 14.9. The lowest BCUT2D eigenvalue weighted by Gasteiger charge is -2.26. The number of aliphatic hydroxyl groups is 1. The van der Waals surface area contributed by atoms with Gasteiger partial charge >= 0.3 is 0 Å². The Hall–Kier alpha value is -1.76. The van der Waals surface area contributed by atoms with Gasteiger partial charge < -0.3 is 9.67 Å². The van der Waals surface area contributed by atoms with Gasteiger partial charge in [0.05, 0.1) is 18.2 Å². The van der Waals surface area contributed by atoms with E-state index in [2.05, 4.69) is 21.4 Å². The van der Waals surface area contributed by atoms with E-state index in [1.165, 1.54) is 6.07 Å². The number of aliphatic hydroxyl groups excluding tert-OH is 1. The highest BCUT2D eigenvalue weighted by molar-refractivity contribution is 7.10. The largest absolute Gasteiger partial charge is 0.388 e. The first kappa shape index (κ1) is 17.6. The monoisotopic (exact) mass is 373 g/mol. The van der Waals surface area contributed by atoms with Crippen molar-refractivity contribution in [1.82, 2.24) is 14.5 Å². The molecule has 3 aromatic rings. The Balaban J connectivity index is 1.54. The molecule has 0 bridgehead atoms. The van der Waals surface area contributed by atoms with E-state index >= 15 is 0 Å². The van der Waals surface area contributed by atoms with Crippen LogP contribution in [0.4, 0.5) is 4.39 Å². The van der Waals surface area contributed by atoms with Gasteiger partial charge in [0, 0.05) is 17.5 Å². The summed E-state index contributed by atoms with van der Waals surface area (Å²) in [6.07, 6.45) is 2.54. The average molecular weight is 373 g/mol. The third-order valence-corrected chi connectivity index (χ3v) is 6.31. The van der Waals surface area contributed by atoms with E-state index in [-0.39, 0.29) is 5.82 Å². The topological polar surface area (TPSA) is 41.3 Å². The fraction of sp³-hybridized carbons (Fsp3) is 0.450. The van der Waals surface area contributed by atoms with Gasteiger partial charge in [0.1, 0.15) is 11.3 Å². The van der Waals surface area contributed by atoms with Crippen LogP contribution in [0.15, 0.2) is 35.7 Å². The van der Waals surface area contributed by atoms with E-state index < -0.39 is 6.10 Å². The first-order chi connectivity index (χ1) is 12.7. The Morgan fingerprint density at radius 1 is 1.35 bits per heavy atom. The van der Waals surface area contributed by atoms with Gasteiger partial charge in [-0.25, -0.2) is 9.37 Å². The number of fused-ring (bicyclic) bond motifs is 1. The summed E-state index contributed by atoms with van der Waals surface area (Å²) < 4.78 is 16.2. The van der Waals surface area contributed by atoms with Crippen molar-refractivity contribution in [2.45, 2.75) is 51.4 Å². The second-order valence-electron chi connectivity index (χ2n) is 6.91. The van der Waals surface area contributed by atoms with E-state index in [9.17, 15) is 9.50 Å². The van der Waals surface area contributed by atoms with Crippen LogP contribution in [0.3, 0.4) is 0 Å². The minimum Gasteiger partial charge on any atom is -0.388 e. The van der Waals surface area contributed by atoms with Crippen molar-refractivity contribution in [2.75, 3.05) is 6.54 Å². The van der Waals surface area contributed by atoms with Crippen molar-refractivity contribution < 1.29 is 9.50 Å². The average Bonchev–Trinajstić information content (AvgIpc) is 3.36. The minimum absolute atomic E-state index is 0.262. The van der Waals surface area contributed by atoms with Crippen LogP contribution in [0.25, 0.3) is 11.0 Å². The van der Waals surface area contributed by atoms with Gasteiger partial charge in [0.25, 0.3) is 0 Å². The van der Waals surface area contributed by atoms with Crippen LogP contribution in [0.2, 0.25) is 0 Å². The zero-order chi connectivity index (χ0) is 18.1. The highest BCUT2D eigenvalue weighted by atomic mass is 32.1. The summed E-state index contributed by atoms with van der Waals surface area (Å²) in [5, 5.41) is 12.5. The number of para-hydroxylation sites is 1. The molecule has 1 saturated heterocycles. The van der Waals surface area contributed by atoms with Crippen LogP contribution in [0.5, 0.6) is 0 Å². The lowest BCUT2D eigenvalue weighted by Crippen LogP contribution is -2.31. The number of rotatable bonds is 6. The van der Waals surface area contributed by atoms with Crippen molar-refractivity contribution in [3.05, 3.63) is 52.2 Å². The van der Waals surface area contributed by atoms with Crippen LogP contribution >= 0.6 is 11.3 Å². The van der Waals surface area contributed by atoms with Crippen LogP contribution in [0, 0.1) is 5.82 Å². The Morgan fingerprint density at radius 2 is 2.23 bits per heavy atom. The van der Waals surface area contributed by atoms with Gasteiger partial charge in [0.2, 0.25) is 0 Å². The molecule has 4 rings (SSSR count). The van der Waals surface area contributed by atoms with Crippen molar-refractivity contribution in [2.24, 2.45) is 0 Å². The zero-order valence-corrected chi connectivity index (χ0v) is 15.8. The molecule has 0 radical (unpaired) electrons. The Morgan fingerprint density at radius 3 is 3.00 bits per heavy atom. The lowest BCUT2D eigenvalue weighted by atomic mass is 10.1. The first-order valence-electron chi connectivity index (χ1n) is 9.26. The molecular formula is C20H24FN3OS. The molecule has 2 atom stereocenters. The quantitative estimate of drug-likeness (QED) is 0.699. The van der Waals surface area contributed by atoms with Gasteiger partial charge in [-0.3, -0.25) is 4.90 Å². The summed E-state index contributed by atoms with van der Waals surface area (Å²) >= 11 is 1.60. The van der Waals surface area contributed by atoms with Crippen LogP contribution in [-0.2, 0) is 13.1 Å². The number of imidazole rings is 1. The normalized spacial score (nSPS) is 19.4. The maximum absolute atomic E-state index is 14.1. The predicted molar refractivity (Wildman–Crippen MR) is 103 cm³/mol. The van der Waals surface area contributed by atoms with E-state index in [4.69, 9.17) is 0 Å². The fourth-order valence-corrected chi connectivity index (χ4v) is 4.77. The Kier molecular flexibility index (Phi) is 5.07. The van der Waals surface area contributed by atoms with Gasteiger partial charge in [-0.05, 0) is 56.3 Å². The molecule has 2 aromatic heterocycles. The van der Waals surface area contributed by atoms with Crippen molar-refractivity contribution in [1.29, 1.82) is 0 Å². The third-order valence-electron chi connectivity index (χ3n) is 5.34. The van der Waals surface area contributed by atoms with Gasteiger partial charge in [0.15, 0.2) is 5.82 Å². The molecule has 0 amide bonds. The molecule has 0 aliphatic carbocycles. The van der Waals surface area contributed by atoms with Crippen molar-refractivity contribution in [3.63, 3.8) is 0 Å². The molecule has 4 nitrogen and oxygen atoms in total. The molecule has 26 heavy (non-hydrogen) atoms. The van der Waals surface area contributed by atoms with E-state index in [0.717, 1.165) is 48.6 Å². The number of hydrogen-bond donors (Lipinski definition) is 1. The summed E-state index contributed by atoms with van der Waals surface area (Å²) in [6.45, 7) is 4.53. The maximum atomic E-state index is 14.1. The molecule has 1 N–H and O–H groups in total. The van der Waals surface area contributed by atoms with Crippen LogP contribution in [0.1, 0.15) is 43.0 Å². The highest BCUT2D eigenvalue weighted by Crippen LogP contribution is 2.31. The number of nitrogens with zero attached hydrogens (tertiary/aromatic N) is 3. The Bertz CT molecular complexity index is 877. The van der Waals surface area contributed by atoms with E-state index in [1.54, 1.807) is 17.4 Å². The number of aryl methyl sites for hydroxylation is 1. The standard InChI is InChI=1S/C20H24FN3OS/c1-2-24-16-8-3-7-15(21)20(16)22-19(24)13-23-10-4-6-14(23)12-17(25)18-9-5-11-26-18/h3,5,7-9,11,14,17,25H,2,4,6,10,12-13H2,1H3. The van der Waals surface area contributed by atoms with Gasteiger partial charge in [-0.2, -0.15) is 0 Å². The Labute approximate surface area is 156 Å².